The predicted molar refractivity (Wildman–Crippen MR) is 94.3 cm³/mol. The number of hydrogen-bond acceptors (Lipinski definition) is 4. The highest BCUT2D eigenvalue weighted by Gasteiger charge is 2.25. The standard InChI is InChI=1S/C19H16ClNO3/c1-2-11-23-17-10-6-3-7-13(17)12-16-19(22)24-18(21-16)14-8-4-5-9-15(14)20/h3-10,12H,2,11H2,1H3. The number of ether oxygens (including phenoxy) is 2. The Hall–Kier alpha value is -2.59. The number of esters is 1. The highest BCUT2D eigenvalue weighted by Crippen LogP contribution is 2.26. The Bertz CT molecular complexity index is 827. The van der Waals surface area contributed by atoms with E-state index in [1.807, 2.05) is 37.3 Å². The van der Waals surface area contributed by atoms with Crippen molar-refractivity contribution in [2.45, 2.75) is 13.3 Å². The zero-order valence-corrected chi connectivity index (χ0v) is 13.9. The topological polar surface area (TPSA) is 47.9 Å². The van der Waals surface area contributed by atoms with Crippen molar-refractivity contribution in [2.24, 2.45) is 4.99 Å². The van der Waals surface area contributed by atoms with E-state index in [2.05, 4.69) is 4.99 Å². The van der Waals surface area contributed by atoms with Gasteiger partial charge in [0.1, 0.15) is 5.75 Å². The maximum atomic E-state index is 12.1. The zero-order valence-electron chi connectivity index (χ0n) is 13.2. The molecule has 4 nitrogen and oxygen atoms in total. The molecule has 1 heterocycles. The molecule has 122 valence electrons. The van der Waals surface area contributed by atoms with Crippen LogP contribution in [0.4, 0.5) is 0 Å². The SMILES string of the molecule is CCCOc1ccccc1C=C1N=C(c2ccccc2Cl)OC1=O. The fourth-order valence-corrected chi connectivity index (χ4v) is 2.47. The maximum Gasteiger partial charge on any atom is 0.363 e. The van der Waals surface area contributed by atoms with Crippen molar-refractivity contribution in [1.29, 1.82) is 0 Å². The van der Waals surface area contributed by atoms with E-state index in [0.717, 1.165) is 12.0 Å². The number of para-hydroxylation sites is 1. The zero-order chi connectivity index (χ0) is 16.9. The molecule has 0 saturated carbocycles. The lowest BCUT2D eigenvalue weighted by atomic mass is 10.1. The van der Waals surface area contributed by atoms with Crippen LogP contribution in [0.5, 0.6) is 5.75 Å². The third-order valence-electron chi connectivity index (χ3n) is 3.40. The first-order chi connectivity index (χ1) is 11.7. The molecule has 0 bridgehead atoms. The van der Waals surface area contributed by atoms with Crippen LogP contribution in [0.3, 0.4) is 0 Å². The van der Waals surface area contributed by atoms with Crippen molar-refractivity contribution in [1.82, 2.24) is 0 Å². The molecule has 5 heteroatoms. The lowest BCUT2D eigenvalue weighted by Crippen LogP contribution is -2.05. The lowest BCUT2D eigenvalue weighted by Gasteiger charge is -2.07. The molecule has 0 fully saturated rings. The highest BCUT2D eigenvalue weighted by molar-refractivity contribution is 6.34. The summed E-state index contributed by atoms with van der Waals surface area (Å²) in [6, 6.07) is 14.6. The van der Waals surface area contributed by atoms with Crippen LogP contribution in [0, 0.1) is 0 Å². The third kappa shape index (κ3) is 3.49. The molecule has 0 amide bonds. The smallest absolute Gasteiger partial charge is 0.363 e. The molecule has 0 aliphatic carbocycles. The molecule has 0 spiro atoms. The summed E-state index contributed by atoms with van der Waals surface area (Å²) >= 11 is 6.13. The number of benzene rings is 2. The molecule has 0 N–H and O–H groups in total. The van der Waals surface area contributed by atoms with Gasteiger partial charge in [-0.05, 0) is 30.7 Å². The first-order valence-corrected chi connectivity index (χ1v) is 8.06. The quantitative estimate of drug-likeness (QED) is 0.595. The number of halogens is 1. The minimum absolute atomic E-state index is 0.212. The Morgan fingerprint density at radius 3 is 2.71 bits per heavy atom. The van der Waals surface area contributed by atoms with E-state index in [4.69, 9.17) is 21.1 Å². The molecule has 3 rings (SSSR count). The first-order valence-electron chi connectivity index (χ1n) is 7.68. The van der Waals surface area contributed by atoms with Crippen molar-refractivity contribution in [3.8, 4) is 5.75 Å². The van der Waals surface area contributed by atoms with Crippen molar-refractivity contribution in [3.05, 3.63) is 70.4 Å². The van der Waals surface area contributed by atoms with Gasteiger partial charge in [-0.25, -0.2) is 9.79 Å². The first kappa shape index (κ1) is 16.3. The molecule has 0 saturated heterocycles. The number of carbonyl (C=O) groups excluding carboxylic acids is 1. The second-order valence-corrected chi connectivity index (χ2v) is 5.61. The van der Waals surface area contributed by atoms with Gasteiger partial charge >= 0.3 is 5.97 Å². The number of cyclic esters (lactones) is 1. The molecule has 0 atom stereocenters. The van der Waals surface area contributed by atoms with Crippen LogP contribution >= 0.6 is 11.6 Å². The fourth-order valence-electron chi connectivity index (χ4n) is 2.25. The van der Waals surface area contributed by atoms with Crippen LogP contribution in [0.1, 0.15) is 24.5 Å². The number of aliphatic imine (C=N–C) groups is 1. The second-order valence-electron chi connectivity index (χ2n) is 5.20. The van der Waals surface area contributed by atoms with Crippen LogP contribution < -0.4 is 4.74 Å². The van der Waals surface area contributed by atoms with E-state index in [9.17, 15) is 4.79 Å². The van der Waals surface area contributed by atoms with E-state index in [1.165, 1.54) is 0 Å². The van der Waals surface area contributed by atoms with Crippen molar-refractivity contribution >= 4 is 29.5 Å². The van der Waals surface area contributed by atoms with Gasteiger partial charge in [0.2, 0.25) is 5.90 Å². The third-order valence-corrected chi connectivity index (χ3v) is 3.73. The molecule has 2 aromatic carbocycles. The number of carbonyl (C=O) groups is 1. The molecule has 2 aromatic rings. The Balaban J connectivity index is 1.94. The predicted octanol–water partition coefficient (Wildman–Crippen LogP) is 4.47. The molecule has 1 aliphatic rings. The summed E-state index contributed by atoms with van der Waals surface area (Å²) < 4.78 is 10.9. The van der Waals surface area contributed by atoms with Gasteiger partial charge in [-0.1, -0.05) is 48.9 Å². The van der Waals surface area contributed by atoms with Crippen molar-refractivity contribution in [3.63, 3.8) is 0 Å². The molecule has 24 heavy (non-hydrogen) atoms. The molecule has 1 aliphatic heterocycles. The van der Waals surface area contributed by atoms with Crippen LogP contribution in [0.15, 0.2) is 59.2 Å². The van der Waals surface area contributed by atoms with E-state index in [0.29, 0.717) is 22.9 Å². The summed E-state index contributed by atoms with van der Waals surface area (Å²) in [4.78, 5) is 16.4. The minimum atomic E-state index is -0.504. The molecule has 0 radical (unpaired) electrons. The Labute approximate surface area is 145 Å². The van der Waals surface area contributed by atoms with Gasteiger partial charge in [-0.3, -0.25) is 0 Å². The Kier molecular flexibility index (Phi) is 4.96. The van der Waals surface area contributed by atoms with Crippen LogP contribution in [-0.2, 0) is 9.53 Å². The summed E-state index contributed by atoms with van der Waals surface area (Å²) in [7, 11) is 0. The van der Waals surface area contributed by atoms with E-state index < -0.39 is 5.97 Å². The van der Waals surface area contributed by atoms with Crippen LogP contribution in [0.2, 0.25) is 5.02 Å². The van der Waals surface area contributed by atoms with Crippen molar-refractivity contribution in [2.75, 3.05) is 6.61 Å². The van der Waals surface area contributed by atoms with E-state index in [1.54, 1.807) is 24.3 Å². The Morgan fingerprint density at radius 2 is 1.92 bits per heavy atom. The van der Waals surface area contributed by atoms with Crippen LogP contribution in [-0.4, -0.2) is 18.5 Å². The van der Waals surface area contributed by atoms with Gasteiger partial charge < -0.3 is 9.47 Å². The average Bonchev–Trinajstić information content (AvgIpc) is 2.95. The normalized spacial score (nSPS) is 15.3. The number of nitrogens with zero attached hydrogens (tertiary/aromatic N) is 1. The van der Waals surface area contributed by atoms with Gasteiger partial charge in [0.05, 0.1) is 17.2 Å². The minimum Gasteiger partial charge on any atom is -0.493 e. The van der Waals surface area contributed by atoms with Gasteiger partial charge in [-0.2, -0.15) is 0 Å². The Morgan fingerprint density at radius 1 is 1.17 bits per heavy atom. The summed E-state index contributed by atoms with van der Waals surface area (Å²) in [5, 5.41) is 0.483. The summed E-state index contributed by atoms with van der Waals surface area (Å²) in [6.07, 6.45) is 2.57. The number of hydrogen-bond donors (Lipinski definition) is 0. The van der Waals surface area contributed by atoms with Crippen LogP contribution in [0.25, 0.3) is 6.08 Å². The van der Waals surface area contributed by atoms with Gasteiger partial charge in [0, 0.05) is 5.56 Å². The molecule has 0 aromatic heterocycles. The maximum absolute atomic E-state index is 12.1. The van der Waals surface area contributed by atoms with Gasteiger partial charge in [0.15, 0.2) is 5.70 Å². The lowest BCUT2D eigenvalue weighted by molar-refractivity contribution is -0.129. The second kappa shape index (κ2) is 7.32. The summed E-state index contributed by atoms with van der Waals surface area (Å²) in [6.45, 7) is 2.65. The van der Waals surface area contributed by atoms with Gasteiger partial charge in [-0.15, -0.1) is 0 Å². The van der Waals surface area contributed by atoms with Crippen molar-refractivity contribution < 1.29 is 14.3 Å². The van der Waals surface area contributed by atoms with Gasteiger partial charge in [0.25, 0.3) is 0 Å². The summed E-state index contributed by atoms with van der Waals surface area (Å²) in [5.74, 6) is 0.417. The number of rotatable bonds is 5. The largest absolute Gasteiger partial charge is 0.493 e. The monoisotopic (exact) mass is 341 g/mol. The summed E-state index contributed by atoms with van der Waals surface area (Å²) in [5.41, 5.74) is 1.59. The average molecular weight is 342 g/mol. The highest BCUT2D eigenvalue weighted by atomic mass is 35.5. The molecule has 0 unspecified atom stereocenters. The molecular formula is C19H16ClNO3. The van der Waals surface area contributed by atoms with E-state index >= 15 is 0 Å². The fraction of sp³-hybridized carbons (Fsp3) is 0.158. The van der Waals surface area contributed by atoms with E-state index in [-0.39, 0.29) is 11.6 Å². The molecular weight excluding hydrogens is 326 g/mol.